The van der Waals surface area contributed by atoms with Gasteiger partial charge in [0.2, 0.25) is 0 Å². The molecular weight excluding hydrogens is 316 g/mol. The molecule has 0 aromatic carbocycles. The van der Waals surface area contributed by atoms with Gasteiger partial charge in [0.15, 0.2) is 0 Å². The molecule has 1 fully saturated rings. The van der Waals surface area contributed by atoms with Crippen LogP contribution in [0.25, 0.3) is 0 Å². The van der Waals surface area contributed by atoms with E-state index in [2.05, 4.69) is 20.9 Å². The molecule has 0 bridgehead atoms. The van der Waals surface area contributed by atoms with Crippen molar-refractivity contribution in [3.05, 3.63) is 45.7 Å². The lowest BCUT2D eigenvalue weighted by Gasteiger charge is -2.21. The van der Waals surface area contributed by atoms with Crippen molar-refractivity contribution in [2.45, 2.75) is 45.2 Å². The second-order valence-corrected chi connectivity index (χ2v) is 8.12. The molecule has 0 atom stereocenters. The van der Waals surface area contributed by atoms with Crippen LogP contribution < -0.4 is 0 Å². The summed E-state index contributed by atoms with van der Waals surface area (Å²) in [7, 11) is 0. The van der Waals surface area contributed by atoms with E-state index >= 15 is 0 Å². The predicted octanol–water partition coefficient (Wildman–Crippen LogP) is 3.12. The van der Waals surface area contributed by atoms with Crippen LogP contribution in [0, 0.1) is 0 Å². The number of rotatable bonds is 4. The van der Waals surface area contributed by atoms with Gasteiger partial charge in [0.05, 0.1) is 12.2 Å². The Morgan fingerprint density at radius 2 is 1.79 bits per heavy atom. The van der Waals surface area contributed by atoms with E-state index in [1.54, 1.807) is 4.88 Å². The van der Waals surface area contributed by atoms with Crippen LogP contribution in [0.4, 0.5) is 0 Å². The fourth-order valence-electron chi connectivity index (χ4n) is 3.75. The summed E-state index contributed by atoms with van der Waals surface area (Å²) in [6.45, 7) is 6.71. The molecule has 0 unspecified atom stereocenters. The lowest BCUT2D eigenvalue weighted by molar-refractivity contribution is 0.247. The highest BCUT2D eigenvalue weighted by Crippen LogP contribution is 2.27. The van der Waals surface area contributed by atoms with E-state index in [-0.39, 0.29) is 0 Å². The Morgan fingerprint density at radius 3 is 2.58 bits per heavy atom. The molecule has 0 N–H and O–H groups in total. The van der Waals surface area contributed by atoms with Crippen molar-refractivity contribution in [1.29, 1.82) is 0 Å². The maximum Gasteiger partial charge on any atom is 0.107 e. The first-order chi connectivity index (χ1) is 11.9. The van der Waals surface area contributed by atoms with Crippen LogP contribution in [0.15, 0.2) is 24.5 Å². The molecule has 1 aliphatic heterocycles. The fourth-order valence-corrected chi connectivity index (χ4v) is 4.95. The first-order valence-electron chi connectivity index (χ1n) is 9.18. The SMILES string of the molecule is c1cncc(CN2CCCN(Cc3nc4c(s3)CCCC4)CC2)c1. The van der Waals surface area contributed by atoms with Crippen LogP contribution in [0.1, 0.15) is 40.4 Å². The molecule has 0 saturated carbocycles. The number of hydrogen-bond donors (Lipinski definition) is 0. The average Bonchev–Trinajstić information content (AvgIpc) is 2.89. The van der Waals surface area contributed by atoms with Crippen molar-refractivity contribution in [2.24, 2.45) is 0 Å². The summed E-state index contributed by atoms with van der Waals surface area (Å²) in [4.78, 5) is 15.9. The number of thiazole rings is 1. The van der Waals surface area contributed by atoms with Crippen molar-refractivity contribution in [1.82, 2.24) is 19.8 Å². The predicted molar refractivity (Wildman–Crippen MR) is 98.2 cm³/mol. The highest BCUT2D eigenvalue weighted by molar-refractivity contribution is 7.11. The lowest BCUT2D eigenvalue weighted by Crippen LogP contribution is -2.30. The molecule has 2 aromatic heterocycles. The molecule has 4 nitrogen and oxygen atoms in total. The van der Waals surface area contributed by atoms with Gasteiger partial charge in [-0.25, -0.2) is 4.98 Å². The Bertz CT molecular complexity index is 631. The van der Waals surface area contributed by atoms with Gasteiger partial charge in [0.25, 0.3) is 0 Å². The van der Waals surface area contributed by atoms with Crippen LogP contribution in [0.2, 0.25) is 0 Å². The average molecular weight is 343 g/mol. The Kier molecular flexibility index (Phi) is 5.21. The third kappa shape index (κ3) is 4.02. The molecule has 3 heterocycles. The van der Waals surface area contributed by atoms with Crippen LogP contribution in [-0.2, 0) is 25.9 Å². The number of pyridine rings is 1. The second-order valence-electron chi connectivity index (χ2n) is 6.95. The van der Waals surface area contributed by atoms with Crippen molar-refractivity contribution in [3.8, 4) is 0 Å². The summed E-state index contributed by atoms with van der Waals surface area (Å²) in [6.07, 6.45) is 10.2. The van der Waals surface area contributed by atoms with Gasteiger partial charge in [-0.05, 0) is 56.8 Å². The third-order valence-corrected chi connectivity index (χ3v) is 6.20. The highest BCUT2D eigenvalue weighted by atomic mass is 32.1. The van der Waals surface area contributed by atoms with E-state index in [1.807, 2.05) is 29.8 Å². The molecule has 2 aliphatic rings. The van der Waals surface area contributed by atoms with Gasteiger partial charge in [-0.1, -0.05) is 6.07 Å². The summed E-state index contributed by atoms with van der Waals surface area (Å²) in [5.41, 5.74) is 2.72. The van der Waals surface area contributed by atoms with Gasteiger partial charge >= 0.3 is 0 Å². The van der Waals surface area contributed by atoms with Gasteiger partial charge < -0.3 is 0 Å². The quantitative estimate of drug-likeness (QED) is 0.854. The van der Waals surface area contributed by atoms with E-state index in [1.165, 1.54) is 61.5 Å². The molecule has 0 radical (unpaired) electrons. The Labute approximate surface area is 148 Å². The molecule has 2 aromatic rings. The van der Waals surface area contributed by atoms with Crippen molar-refractivity contribution in [2.75, 3.05) is 26.2 Å². The number of nitrogens with zero attached hydrogens (tertiary/aromatic N) is 4. The summed E-state index contributed by atoms with van der Waals surface area (Å²) in [5.74, 6) is 0. The number of hydrogen-bond acceptors (Lipinski definition) is 5. The molecule has 128 valence electrons. The van der Waals surface area contributed by atoms with Gasteiger partial charge in [0, 0.05) is 36.9 Å². The summed E-state index contributed by atoms with van der Waals surface area (Å²) in [5, 5.41) is 1.34. The minimum absolute atomic E-state index is 1.02. The zero-order valence-corrected chi connectivity index (χ0v) is 15.1. The Hall–Kier alpha value is -1.30. The molecule has 5 heteroatoms. The van der Waals surface area contributed by atoms with E-state index in [9.17, 15) is 0 Å². The van der Waals surface area contributed by atoms with Crippen molar-refractivity contribution >= 4 is 11.3 Å². The maximum atomic E-state index is 4.92. The monoisotopic (exact) mass is 342 g/mol. The summed E-state index contributed by atoms with van der Waals surface area (Å²) in [6, 6.07) is 4.21. The molecule has 4 rings (SSSR count). The largest absolute Gasteiger partial charge is 0.298 e. The molecule has 24 heavy (non-hydrogen) atoms. The zero-order chi connectivity index (χ0) is 16.2. The number of fused-ring (bicyclic) bond motifs is 1. The topological polar surface area (TPSA) is 32.3 Å². The first-order valence-corrected chi connectivity index (χ1v) is 9.99. The highest BCUT2D eigenvalue weighted by Gasteiger charge is 2.19. The standard InChI is InChI=1S/C19H26N4S/c1-2-7-18-17(6-1)21-19(24-18)15-23-10-4-9-22(11-12-23)14-16-5-3-8-20-13-16/h3,5,8,13H,1-2,4,6-7,9-12,14-15H2. The molecular formula is C19H26N4S. The number of aryl methyl sites for hydroxylation is 2. The van der Waals surface area contributed by atoms with E-state index in [4.69, 9.17) is 4.98 Å². The normalized spacial score (nSPS) is 19.8. The molecule has 0 amide bonds. The zero-order valence-electron chi connectivity index (χ0n) is 14.3. The Morgan fingerprint density at radius 1 is 0.958 bits per heavy atom. The number of aromatic nitrogens is 2. The van der Waals surface area contributed by atoms with E-state index < -0.39 is 0 Å². The smallest absolute Gasteiger partial charge is 0.107 e. The van der Waals surface area contributed by atoms with E-state index in [0.717, 1.165) is 26.2 Å². The molecule has 1 saturated heterocycles. The van der Waals surface area contributed by atoms with Crippen LogP contribution in [0.3, 0.4) is 0 Å². The molecule has 1 aliphatic carbocycles. The minimum atomic E-state index is 1.02. The summed E-state index contributed by atoms with van der Waals surface area (Å²) >= 11 is 1.96. The van der Waals surface area contributed by atoms with Crippen LogP contribution in [0.5, 0.6) is 0 Å². The molecule has 0 spiro atoms. The van der Waals surface area contributed by atoms with Crippen LogP contribution in [-0.4, -0.2) is 45.9 Å². The first kappa shape index (κ1) is 16.2. The maximum absolute atomic E-state index is 4.92. The van der Waals surface area contributed by atoms with Gasteiger partial charge in [-0.3, -0.25) is 14.8 Å². The van der Waals surface area contributed by atoms with Gasteiger partial charge in [-0.2, -0.15) is 0 Å². The second kappa shape index (κ2) is 7.72. The lowest BCUT2D eigenvalue weighted by atomic mass is 10.0. The fraction of sp³-hybridized carbons (Fsp3) is 0.579. The Balaban J connectivity index is 1.32. The minimum Gasteiger partial charge on any atom is -0.298 e. The van der Waals surface area contributed by atoms with Crippen molar-refractivity contribution in [3.63, 3.8) is 0 Å². The summed E-state index contributed by atoms with van der Waals surface area (Å²) < 4.78 is 0. The third-order valence-electron chi connectivity index (χ3n) is 5.06. The van der Waals surface area contributed by atoms with Crippen molar-refractivity contribution < 1.29 is 0 Å². The van der Waals surface area contributed by atoms with Crippen LogP contribution >= 0.6 is 11.3 Å². The van der Waals surface area contributed by atoms with Gasteiger partial charge in [-0.15, -0.1) is 11.3 Å². The van der Waals surface area contributed by atoms with Gasteiger partial charge in [0.1, 0.15) is 5.01 Å². The van der Waals surface area contributed by atoms with E-state index in [0.29, 0.717) is 0 Å².